The van der Waals surface area contributed by atoms with Gasteiger partial charge in [0.05, 0.1) is 6.10 Å². The molecule has 0 aromatic heterocycles. The first-order valence-electron chi connectivity index (χ1n) is 6.14. The predicted octanol–water partition coefficient (Wildman–Crippen LogP) is 1.48. The molecule has 1 rings (SSSR count). The molecule has 3 atom stereocenters. The van der Waals surface area contributed by atoms with Crippen molar-refractivity contribution >= 4 is 0 Å². The Bertz CT molecular complexity index is 175. The van der Waals surface area contributed by atoms with Crippen molar-refractivity contribution in [2.75, 3.05) is 27.2 Å². The van der Waals surface area contributed by atoms with Crippen LogP contribution in [0.4, 0.5) is 0 Å². The van der Waals surface area contributed by atoms with Crippen LogP contribution in [-0.4, -0.2) is 50.3 Å². The quantitative estimate of drug-likeness (QED) is 0.725. The molecule has 0 spiro atoms. The molecule has 0 aromatic rings. The molecule has 1 aliphatic rings. The summed E-state index contributed by atoms with van der Waals surface area (Å²) in [7, 11) is 4.25. The summed E-state index contributed by atoms with van der Waals surface area (Å²) < 4.78 is 5.58. The van der Waals surface area contributed by atoms with Gasteiger partial charge in [-0.3, -0.25) is 0 Å². The zero-order valence-electron chi connectivity index (χ0n) is 10.6. The molecule has 1 fully saturated rings. The Morgan fingerprint density at radius 2 is 2.27 bits per heavy atom. The first-order chi connectivity index (χ1) is 7.15. The molecule has 3 heteroatoms. The molecule has 1 saturated heterocycles. The van der Waals surface area contributed by atoms with Crippen molar-refractivity contribution in [2.45, 2.75) is 51.3 Å². The number of rotatable bonds is 6. The minimum Gasteiger partial charge on any atom is -0.377 e. The van der Waals surface area contributed by atoms with Gasteiger partial charge in [-0.25, -0.2) is 0 Å². The third-order valence-electron chi connectivity index (χ3n) is 3.54. The van der Waals surface area contributed by atoms with Gasteiger partial charge >= 0.3 is 0 Å². The number of hydrogen-bond acceptors (Lipinski definition) is 3. The van der Waals surface area contributed by atoms with Crippen molar-refractivity contribution < 1.29 is 4.74 Å². The van der Waals surface area contributed by atoms with Crippen LogP contribution in [0.1, 0.15) is 33.1 Å². The first-order valence-corrected chi connectivity index (χ1v) is 6.14. The topological polar surface area (TPSA) is 24.5 Å². The third kappa shape index (κ3) is 4.09. The molecule has 90 valence electrons. The zero-order chi connectivity index (χ0) is 11.3. The van der Waals surface area contributed by atoms with E-state index in [1.54, 1.807) is 0 Å². The largest absolute Gasteiger partial charge is 0.377 e. The van der Waals surface area contributed by atoms with Gasteiger partial charge in [0.1, 0.15) is 0 Å². The Labute approximate surface area is 94.2 Å². The minimum absolute atomic E-state index is 0.414. The maximum atomic E-state index is 5.58. The fourth-order valence-corrected chi connectivity index (χ4v) is 2.26. The van der Waals surface area contributed by atoms with E-state index in [1.165, 1.54) is 25.8 Å². The van der Waals surface area contributed by atoms with E-state index in [2.05, 4.69) is 31.1 Å². The number of hydrogen-bond donors (Lipinski definition) is 1. The van der Waals surface area contributed by atoms with Gasteiger partial charge in [0.15, 0.2) is 0 Å². The van der Waals surface area contributed by atoms with Crippen molar-refractivity contribution in [3.8, 4) is 0 Å². The van der Waals surface area contributed by atoms with Gasteiger partial charge in [-0.05, 0) is 53.8 Å². The summed E-state index contributed by atoms with van der Waals surface area (Å²) in [5.74, 6) is 0. The summed E-state index contributed by atoms with van der Waals surface area (Å²) in [4.78, 5) is 2.46. The lowest BCUT2D eigenvalue weighted by Crippen LogP contribution is -2.37. The Hall–Kier alpha value is -0.120. The van der Waals surface area contributed by atoms with Crippen LogP contribution in [0.2, 0.25) is 0 Å². The van der Waals surface area contributed by atoms with E-state index in [0.29, 0.717) is 18.2 Å². The Balaban J connectivity index is 2.15. The molecule has 3 nitrogen and oxygen atoms in total. The second kappa shape index (κ2) is 6.46. The lowest BCUT2D eigenvalue weighted by Gasteiger charge is -2.26. The van der Waals surface area contributed by atoms with Crippen LogP contribution in [0.3, 0.4) is 0 Å². The molecule has 0 aromatic carbocycles. The molecule has 0 bridgehead atoms. The molecule has 0 aliphatic carbocycles. The van der Waals surface area contributed by atoms with Crippen LogP contribution < -0.4 is 5.32 Å². The highest BCUT2D eigenvalue weighted by atomic mass is 16.5. The van der Waals surface area contributed by atoms with E-state index in [1.807, 2.05) is 7.05 Å². The maximum Gasteiger partial charge on any atom is 0.0702 e. The smallest absolute Gasteiger partial charge is 0.0702 e. The van der Waals surface area contributed by atoms with Crippen LogP contribution in [0.25, 0.3) is 0 Å². The molecule has 0 saturated carbocycles. The Morgan fingerprint density at radius 1 is 1.53 bits per heavy atom. The summed E-state index contributed by atoms with van der Waals surface area (Å²) in [5.41, 5.74) is 0. The zero-order valence-corrected chi connectivity index (χ0v) is 10.6. The van der Waals surface area contributed by atoms with Gasteiger partial charge in [-0.1, -0.05) is 0 Å². The number of ether oxygens (including phenoxy) is 1. The lowest BCUT2D eigenvalue weighted by atomic mass is 10.1. The van der Waals surface area contributed by atoms with Gasteiger partial charge in [0.2, 0.25) is 0 Å². The molecule has 3 unspecified atom stereocenters. The lowest BCUT2D eigenvalue weighted by molar-refractivity contribution is 0.0830. The normalized spacial score (nSPS) is 28.6. The third-order valence-corrected chi connectivity index (χ3v) is 3.54. The van der Waals surface area contributed by atoms with Crippen LogP contribution in [-0.2, 0) is 4.74 Å². The van der Waals surface area contributed by atoms with Crippen molar-refractivity contribution in [3.63, 3.8) is 0 Å². The molecule has 1 heterocycles. The van der Waals surface area contributed by atoms with Crippen LogP contribution in [0, 0.1) is 0 Å². The first kappa shape index (κ1) is 12.9. The molecule has 1 N–H and O–H groups in total. The second-order valence-electron chi connectivity index (χ2n) is 4.74. The Kier molecular flexibility index (Phi) is 5.58. The highest BCUT2D eigenvalue weighted by Crippen LogP contribution is 2.18. The standard InChI is InChI=1S/C12H26N2O/c1-10(13-3)6-5-8-14(4)12-7-9-15-11(12)2/h10-13H,5-9H2,1-4H3. The highest BCUT2D eigenvalue weighted by Gasteiger charge is 2.27. The van der Waals surface area contributed by atoms with E-state index in [9.17, 15) is 0 Å². The van der Waals surface area contributed by atoms with E-state index in [-0.39, 0.29) is 0 Å². The second-order valence-corrected chi connectivity index (χ2v) is 4.74. The van der Waals surface area contributed by atoms with Crippen molar-refractivity contribution in [3.05, 3.63) is 0 Å². The van der Waals surface area contributed by atoms with Crippen LogP contribution >= 0.6 is 0 Å². The van der Waals surface area contributed by atoms with Crippen LogP contribution in [0.5, 0.6) is 0 Å². The Morgan fingerprint density at radius 3 is 2.80 bits per heavy atom. The average Bonchev–Trinajstić information content (AvgIpc) is 2.64. The molecule has 0 amide bonds. The SMILES string of the molecule is CNC(C)CCCN(C)C1CCOC1C. The molecular weight excluding hydrogens is 188 g/mol. The van der Waals surface area contributed by atoms with Gasteiger partial charge in [-0.2, -0.15) is 0 Å². The molecule has 0 radical (unpaired) electrons. The molecule has 15 heavy (non-hydrogen) atoms. The van der Waals surface area contributed by atoms with Crippen molar-refractivity contribution in [1.29, 1.82) is 0 Å². The van der Waals surface area contributed by atoms with E-state index < -0.39 is 0 Å². The minimum atomic E-state index is 0.414. The number of nitrogens with one attached hydrogen (secondary N) is 1. The fraction of sp³-hybridized carbons (Fsp3) is 1.00. The fourth-order valence-electron chi connectivity index (χ4n) is 2.26. The summed E-state index contributed by atoms with van der Waals surface area (Å²) in [6.45, 7) is 6.54. The highest BCUT2D eigenvalue weighted by molar-refractivity contribution is 4.80. The maximum absolute atomic E-state index is 5.58. The van der Waals surface area contributed by atoms with Gasteiger partial charge in [0, 0.05) is 18.7 Å². The van der Waals surface area contributed by atoms with Crippen LogP contribution in [0.15, 0.2) is 0 Å². The number of nitrogens with zero attached hydrogens (tertiary/aromatic N) is 1. The van der Waals surface area contributed by atoms with Gasteiger partial charge in [-0.15, -0.1) is 0 Å². The summed E-state index contributed by atoms with van der Waals surface area (Å²) in [5, 5.41) is 3.27. The van der Waals surface area contributed by atoms with E-state index in [0.717, 1.165) is 6.61 Å². The number of likely N-dealkylation sites (N-methyl/N-ethyl adjacent to an activating group) is 1. The molecule has 1 aliphatic heterocycles. The summed E-state index contributed by atoms with van der Waals surface area (Å²) in [6, 6.07) is 1.27. The van der Waals surface area contributed by atoms with Crippen molar-refractivity contribution in [2.24, 2.45) is 0 Å². The monoisotopic (exact) mass is 214 g/mol. The van der Waals surface area contributed by atoms with E-state index in [4.69, 9.17) is 4.74 Å². The van der Waals surface area contributed by atoms with Gasteiger partial charge < -0.3 is 15.0 Å². The average molecular weight is 214 g/mol. The van der Waals surface area contributed by atoms with E-state index >= 15 is 0 Å². The molecular formula is C12H26N2O. The summed E-state index contributed by atoms with van der Waals surface area (Å²) in [6.07, 6.45) is 4.13. The van der Waals surface area contributed by atoms with Gasteiger partial charge in [0.25, 0.3) is 0 Å². The van der Waals surface area contributed by atoms with Crippen molar-refractivity contribution in [1.82, 2.24) is 10.2 Å². The predicted molar refractivity (Wildman–Crippen MR) is 64.2 cm³/mol. The summed E-state index contributed by atoms with van der Waals surface area (Å²) >= 11 is 0.